The summed E-state index contributed by atoms with van der Waals surface area (Å²) in [6.45, 7) is 2.35. The number of sulfonamides is 1. The minimum atomic E-state index is -3.67. The lowest BCUT2D eigenvalue weighted by molar-refractivity contribution is 0.598. The lowest BCUT2D eigenvalue weighted by Crippen LogP contribution is -2.22. The molecule has 0 bridgehead atoms. The summed E-state index contributed by atoms with van der Waals surface area (Å²) in [5.74, 6) is 0.291. The maximum atomic E-state index is 11.2. The van der Waals surface area contributed by atoms with Gasteiger partial charge in [-0.25, -0.2) is 18.5 Å². The van der Waals surface area contributed by atoms with Crippen LogP contribution in [0.15, 0.2) is 58.4 Å². The van der Waals surface area contributed by atoms with Gasteiger partial charge in [0.1, 0.15) is 0 Å². The normalized spacial score (nSPS) is 12.2. The van der Waals surface area contributed by atoms with Gasteiger partial charge in [-0.15, -0.1) is 0 Å². The second-order valence-corrected chi connectivity index (χ2v) is 6.44. The van der Waals surface area contributed by atoms with Crippen LogP contribution in [0.5, 0.6) is 0 Å². The van der Waals surface area contributed by atoms with Crippen molar-refractivity contribution in [1.82, 2.24) is 0 Å². The number of hydrogen-bond acceptors (Lipinski definition) is 3. The summed E-state index contributed by atoms with van der Waals surface area (Å²) in [6.07, 6.45) is 0. The van der Waals surface area contributed by atoms with E-state index in [0.717, 1.165) is 16.8 Å². The van der Waals surface area contributed by atoms with Crippen LogP contribution < -0.4 is 16.2 Å². The number of hydrogen-bond donors (Lipinski definition) is 3. The highest BCUT2D eigenvalue weighted by Crippen LogP contribution is 2.10. The fourth-order valence-electron chi connectivity index (χ4n) is 1.79. The van der Waals surface area contributed by atoms with Crippen LogP contribution in [0.4, 0.5) is 5.69 Å². The van der Waals surface area contributed by atoms with Crippen molar-refractivity contribution in [3.63, 3.8) is 0 Å². The molecule has 0 amide bonds. The van der Waals surface area contributed by atoms with E-state index in [1.54, 1.807) is 12.1 Å². The van der Waals surface area contributed by atoms with Crippen LogP contribution >= 0.6 is 0 Å². The maximum absolute atomic E-state index is 11.2. The quantitative estimate of drug-likeness (QED) is 0.587. The highest BCUT2D eigenvalue weighted by Gasteiger charge is 2.06. The zero-order valence-corrected chi connectivity index (χ0v) is 13.0. The Balaban J connectivity index is 2.00. The lowest BCUT2D eigenvalue weighted by Gasteiger charge is -2.06. The predicted octanol–water partition coefficient (Wildman–Crippen LogP) is 1.57. The Hall–Kier alpha value is -2.38. The largest absolute Gasteiger partial charge is 0.370 e. The molecule has 7 heteroatoms. The van der Waals surface area contributed by atoms with Gasteiger partial charge in [0.25, 0.3) is 0 Å². The van der Waals surface area contributed by atoms with Crippen LogP contribution in [0.1, 0.15) is 11.1 Å². The second-order valence-electron chi connectivity index (χ2n) is 4.88. The summed E-state index contributed by atoms with van der Waals surface area (Å²) in [5, 5.41) is 8.03. The molecule has 2 aromatic carbocycles. The molecule has 0 spiro atoms. The van der Waals surface area contributed by atoms with E-state index in [2.05, 4.69) is 10.3 Å². The standard InChI is InChI=1S/C15H18N4O2S/c1-11-2-6-13(7-3-11)19-15(16)18-10-12-4-8-14(9-5-12)22(17,20)21/h2-9H,10H2,1H3,(H3,16,18,19)(H2,17,20,21). The monoisotopic (exact) mass is 318 g/mol. The Labute approximate surface area is 129 Å². The summed E-state index contributed by atoms with van der Waals surface area (Å²) in [6, 6.07) is 14.0. The number of nitrogens with zero attached hydrogens (tertiary/aromatic N) is 1. The molecule has 0 heterocycles. The molecule has 0 aliphatic carbocycles. The number of guanidine groups is 1. The van der Waals surface area contributed by atoms with E-state index < -0.39 is 10.0 Å². The first kappa shape index (κ1) is 16.0. The molecule has 22 heavy (non-hydrogen) atoms. The minimum Gasteiger partial charge on any atom is -0.370 e. The number of nitrogens with two attached hydrogens (primary N) is 2. The topological polar surface area (TPSA) is 111 Å². The summed E-state index contributed by atoms with van der Waals surface area (Å²) < 4.78 is 22.3. The van der Waals surface area contributed by atoms with Gasteiger partial charge in [0, 0.05) is 5.69 Å². The molecule has 0 saturated heterocycles. The van der Waals surface area contributed by atoms with E-state index in [9.17, 15) is 8.42 Å². The van der Waals surface area contributed by atoms with Gasteiger partial charge in [0.15, 0.2) is 5.96 Å². The molecule has 0 aliphatic heterocycles. The number of nitrogens with one attached hydrogen (secondary N) is 1. The highest BCUT2D eigenvalue weighted by atomic mass is 32.2. The first-order valence-corrected chi connectivity index (χ1v) is 8.14. The van der Waals surface area contributed by atoms with E-state index in [0.29, 0.717) is 12.5 Å². The van der Waals surface area contributed by atoms with Crippen LogP contribution in [0.2, 0.25) is 0 Å². The van der Waals surface area contributed by atoms with Gasteiger partial charge in [0.05, 0.1) is 11.4 Å². The molecule has 0 aliphatic rings. The number of aryl methyl sites for hydroxylation is 1. The fourth-order valence-corrected chi connectivity index (χ4v) is 2.30. The average molecular weight is 318 g/mol. The Morgan fingerprint density at radius 1 is 1.09 bits per heavy atom. The van der Waals surface area contributed by atoms with Crippen molar-refractivity contribution < 1.29 is 8.42 Å². The fraction of sp³-hybridized carbons (Fsp3) is 0.133. The molecular formula is C15H18N4O2S. The molecule has 2 rings (SSSR count). The van der Waals surface area contributed by atoms with Crippen molar-refractivity contribution >= 4 is 21.7 Å². The first-order chi connectivity index (χ1) is 10.3. The molecule has 116 valence electrons. The van der Waals surface area contributed by atoms with Crippen molar-refractivity contribution in [2.24, 2.45) is 15.9 Å². The Morgan fingerprint density at radius 3 is 2.23 bits per heavy atom. The number of aliphatic imine (C=N–C) groups is 1. The minimum absolute atomic E-state index is 0.0750. The Kier molecular flexibility index (Phi) is 4.79. The molecule has 0 unspecified atom stereocenters. The van der Waals surface area contributed by atoms with E-state index in [1.807, 2.05) is 31.2 Å². The smallest absolute Gasteiger partial charge is 0.238 e. The van der Waals surface area contributed by atoms with E-state index >= 15 is 0 Å². The predicted molar refractivity (Wildman–Crippen MR) is 87.9 cm³/mol. The highest BCUT2D eigenvalue weighted by molar-refractivity contribution is 7.89. The van der Waals surface area contributed by atoms with Crippen molar-refractivity contribution in [3.8, 4) is 0 Å². The molecule has 0 aromatic heterocycles. The van der Waals surface area contributed by atoms with Crippen LogP contribution in [0, 0.1) is 6.92 Å². The van der Waals surface area contributed by atoms with Gasteiger partial charge < -0.3 is 11.1 Å². The van der Waals surface area contributed by atoms with Crippen LogP contribution in [0.25, 0.3) is 0 Å². The van der Waals surface area contributed by atoms with Crippen molar-refractivity contribution in [3.05, 3.63) is 59.7 Å². The Morgan fingerprint density at radius 2 is 1.68 bits per heavy atom. The number of benzene rings is 2. The lowest BCUT2D eigenvalue weighted by atomic mass is 10.2. The first-order valence-electron chi connectivity index (χ1n) is 6.60. The Bertz CT molecular complexity index is 766. The third-order valence-electron chi connectivity index (χ3n) is 3.01. The van der Waals surface area contributed by atoms with E-state index in [-0.39, 0.29) is 4.90 Å². The van der Waals surface area contributed by atoms with Gasteiger partial charge in [-0.05, 0) is 36.8 Å². The molecule has 0 fully saturated rings. The maximum Gasteiger partial charge on any atom is 0.238 e. The van der Waals surface area contributed by atoms with Crippen molar-refractivity contribution in [2.75, 3.05) is 5.32 Å². The third-order valence-corrected chi connectivity index (χ3v) is 3.94. The summed E-state index contributed by atoms with van der Waals surface area (Å²) in [7, 11) is -3.67. The zero-order chi connectivity index (χ0) is 16.2. The van der Waals surface area contributed by atoms with E-state index in [1.165, 1.54) is 12.1 Å². The third kappa shape index (κ3) is 4.57. The van der Waals surface area contributed by atoms with Gasteiger partial charge in [-0.3, -0.25) is 0 Å². The summed E-state index contributed by atoms with van der Waals surface area (Å²) in [5.41, 5.74) is 8.67. The molecule has 2 aromatic rings. The number of anilines is 1. The molecular weight excluding hydrogens is 300 g/mol. The summed E-state index contributed by atoms with van der Waals surface area (Å²) in [4.78, 5) is 4.28. The van der Waals surface area contributed by atoms with Gasteiger partial charge in [-0.2, -0.15) is 0 Å². The van der Waals surface area contributed by atoms with Crippen LogP contribution in [0.3, 0.4) is 0 Å². The second kappa shape index (κ2) is 6.59. The van der Waals surface area contributed by atoms with Gasteiger partial charge >= 0.3 is 0 Å². The van der Waals surface area contributed by atoms with Crippen LogP contribution in [-0.4, -0.2) is 14.4 Å². The van der Waals surface area contributed by atoms with Gasteiger partial charge in [0.2, 0.25) is 10.0 Å². The molecule has 0 radical (unpaired) electrons. The van der Waals surface area contributed by atoms with Gasteiger partial charge in [-0.1, -0.05) is 29.8 Å². The van der Waals surface area contributed by atoms with Crippen molar-refractivity contribution in [1.29, 1.82) is 0 Å². The average Bonchev–Trinajstić information content (AvgIpc) is 2.47. The summed E-state index contributed by atoms with van der Waals surface area (Å²) >= 11 is 0. The number of primary sulfonamides is 1. The molecule has 0 atom stereocenters. The van der Waals surface area contributed by atoms with Crippen molar-refractivity contribution in [2.45, 2.75) is 18.4 Å². The van der Waals surface area contributed by atoms with Crippen LogP contribution in [-0.2, 0) is 16.6 Å². The van der Waals surface area contributed by atoms with E-state index in [4.69, 9.17) is 10.9 Å². The zero-order valence-electron chi connectivity index (χ0n) is 12.2. The SMILES string of the molecule is Cc1ccc(NC(N)=NCc2ccc(S(N)(=O)=O)cc2)cc1. The number of rotatable bonds is 4. The molecule has 6 nitrogen and oxygen atoms in total. The molecule has 0 saturated carbocycles. The molecule has 5 N–H and O–H groups in total.